The summed E-state index contributed by atoms with van der Waals surface area (Å²) in [5.74, 6) is -4.97. The summed E-state index contributed by atoms with van der Waals surface area (Å²) in [4.78, 5) is 44.9. The van der Waals surface area contributed by atoms with Crippen LogP contribution in [0.2, 0.25) is 0 Å². The van der Waals surface area contributed by atoms with Gasteiger partial charge in [-0.25, -0.2) is 0 Å². The number of hydrogen-bond acceptors (Lipinski definition) is 8. The second-order valence-corrected chi connectivity index (χ2v) is 5.47. The van der Waals surface area contributed by atoms with Crippen molar-refractivity contribution in [3.8, 4) is 0 Å². The molecule has 0 aromatic rings. The Kier molecular flexibility index (Phi) is 11.9. The highest BCUT2D eigenvalue weighted by Crippen LogP contribution is 2.04. The van der Waals surface area contributed by atoms with Gasteiger partial charge in [-0.2, -0.15) is 0 Å². The second-order valence-electron chi connectivity index (χ2n) is 5.47. The molecule has 0 spiro atoms. The van der Waals surface area contributed by atoms with E-state index in [0.29, 0.717) is 13.1 Å². The Morgan fingerprint density at radius 3 is 1.92 bits per heavy atom. The lowest BCUT2D eigenvalue weighted by Crippen LogP contribution is -2.48. The monoisotopic (exact) mass is 378 g/mol. The molecule has 0 aliphatic carbocycles. The quantitative estimate of drug-likeness (QED) is 0.137. The molecule has 0 aliphatic heterocycles. The summed E-state index contributed by atoms with van der Waals surface area (Å²) in [6.07, 6.45) is -1.10. The molecule has 0 aliphatic rings. The fourth-order valence-corrected chi connectivity index (χ4v) is 2.23. The summed E-state index contributed by atoms with van der Waals surface area (Å²) < 4.78 is 0. The largest absolute Gasteiger partial charge is 0.481 e. The van der Waals surface area contributed by atoms with Crippen LogP contribution in [0.25, 0.3) is 0 Å². The van der Waals surface area contributed by atoms with Crippen LogP contribution in [0.4, 0.5) is 0 Å². The normalized spacial score (nSPS) is 13.3. The first-order valence-electron chi connectivity index (χ1n) is 7.96. The van der Waals surface area contributed by atoms with Crippen molar-refractivity contribution >= 4 is 23.9 Å². The molecule has 0 saturated heterocycles. The average Bonchev–Trinajstić information content (AvgIpc) is 2.52. The van der Waals surface area contributed by atoms with Crippen LogP contribution < -0.4 is 16.4 Å². The molecule has 8 N–H and O–H groups in total. The van der Waals surface area contributed by atoms with Crippen molar-refractivity contribution in [2.75, 3.05) is 39.3 Å². The van der Waals surface area contributed by atoms with Crippen LogP contribution in [-0.2, 0) is 19.2 Å². The highest BCUT2D eigenvalue weighted by atomic mass is 16.4. The third-order valence-electron chi connectivity index (χ3n) is 3.46. The van der Waals surface area contributed by atoms with Crippen molar-refractivity contribution in [3.63, 3.8) is 0 Å². The maximum atomic E-state index is 11.2. The molecule has 0 fully saturated rings. The Labute approximate surface area is 150 Å². The number of carboxylic acids is 4. The SMILES string of the molecule is NCCN(CCNCCNC(CC(=O)O)C(=O)O)C(CC(=O)O)C(=O)O. The van der Waals surface area contributed by atoms with Crippen molar-refractivity contribution in [1.82, 2.24) is 15.5 Å². The van der Waals surface area contributed by atoms with E-state index in [2.05, 4.69) is 10.6 Å². The Bertz CT molecular complexity index is 488. The van der Waals surface area contributed by atoms with E-state index >= 15 is 0 Å². The Morgan fingerprint density at radius 2 is 1.46 bits per heavy atom. The number of hydrogen-bond donors (Lipinski definition) is 7. The topological polar surface area (TPSA) is 203 Å². The van der Waals surface area contributed by atoms with Crippen molar-refractivity contribution in [2.24, 2.45) is 5.73 Å². The smallest absolute Gasteiger partial charge is 0.321 e. The number of aliphatic carboxylic acids is 4. The molecular formula is C14H26N4O8. The zero-order valence-electron chi connectivity index (χ0n) is 14.3. The summed E-state index contributed by atoms with van der Waals surface area (Å²) >= 11 is 0. The Hall–Kier alpha value is -2.28. The molecule has 26 heavy (non-hydrogen) atoms. The minimum atomic E-state index is -1.26. The van der Waals surface area contributed by atoms with Crippen LogP contribution in [0.3, 0.4) is 0 Å². The predicted molar refractivity (Wildman–Crippen MR) is 88.9 cm³/mol. The lowest BCUT2D eigenvalue weighted by atomic mass is 10.1. The minimum Gasteiger partial charge on any atom is -0.481 e. The van der Waals surface area contributed by atoms with Crippen LogP contribution in [0.1, 0.15) is 12.8 Å². The Balaban J connectivity index is 4.30. The highest BCUT2D eigenvalue weighted by Gasteiger charge is 2.27. The third-order valence-corrected chi connectivity index (χ3v) is 3.46. The predicted octanol–water partition coefficient (Wildman–Crippen LogP) is -2.72. The molecule has 150 valence electrons. The first-order chi connectivity index (χ1) is 12.2. The number of rotatable bonds is 16. The summed E-state index contributed by atoms with van der Waals surface area (Å²) in [6, 6.07) is -2.39. The molecule has 0 heterocycles. The fraction of sp³-hybridized carbons (Fsp3) is 0.714. The van der Waals surface area contributed by atoms with Crippen molar-refractivity contribution in [3.05, 3.63) is 0 Å². The molecule has 0 aromatic carbocycles. The van der Waals surface area contributed by atoms with Crippen LogP contribution in [-0.4, -0.2) is 101 Å². The van der Waals surface area contributed by atoms with Gasteiger partial charge in [0.2, 0.25) is 0 Å². The van der Waals surface area contributed by atoms with Gasteiger partial charge in [-0.1, -0.05) is 0 Å². The van der Waals surface area contributed by atoms with Gasteiger partial charge in [0, 0.05) is 39.3 Å². The van der Waals surface area contributed by atoms with Gasteiger partial charge in [0.15, 0.2) is 0 Å². The van der Waals surface area contributed by atoms with E-state index < -0.39 is 48.8 Å². The van der Waals surface area contributed by atoms with E-state index in [9.17, 15) is 19.2 Å². The molecule has 2 atom stereocenters. The molecule has 0 aromatic heterocycles. The van der Waals surface area contributed by atoms with Crippen molar-refractivity contribution in [2.45, 2.75) is 24.9 Å². The van der Waals surface area contributed by atoms with Crippen LogP contribution in [0.15, 0.2) is 0 Å². The molecule has 2 unspecified atom stereocenters. The Morgan fingerprint density at radius 1 is 0.846 bits per heavy atom. The van der Waals surface area contributed by atoms with Gasteiger partial charge in [-0.15, -0.1) is 0 Å². The minimum absolute atomic E-state index is 0.167. The van der Waals surface area contributed by atoms with Crippen molar-refractivity contribution < 1.29 is 39.6 Å². The third kappa shape index (κ3) is 10.6. The highest BCUT2D eigenvalue weighted by molar-refractivity contribution is 5.81. The zero-order valence-corrected chi connectivity index (χ0v) is 14.3. The van der Waals surface area contributed by atoms with Gasteiger partial charge in [0.25, 0.3) is 0 Å². The van der Waals surface area contributed by atoms with Gasteiger partial charge in [0.1, 0.15) is 12.1 Å². The number of nitrogens with one attached hydrogen (secondary N) is 2. The fourth-order valence-electron chi connectivity index (χ4n) is 2.23. The number of carboxylic acid groups (broad SMARTS) is 4. The molecule has 0 rings (SSSR count). The number of nitrogens with two attached hydrogens (primary N) is 1. The van der Waals surface area contributed by atoms with Crippen molar-refractivity contribution in [1.29, 1.82) is 0 Å². The second kappa shape index (κ2) is 13.0. The van der Waals surface area contributed by atoms with E-state index in [1.165, 1.54) is 4.90 Å². The van der Waals surface area contributed by atoms with E-state index in [4.69, 9.17) is 26.2 Å². The molecule has 0 amide bonds. The van der Waals surface area contributed by atoms with Gasteiger partial charge in [-0.05, 0) is 0 Å². The first-order valence-corrected chi connectivity index (χ1v) is 7.96. The van der Waals surface area contributed by atoms with Crippen LogP contribution in [0, 0.1) is 0 Å². The zero-order chi connectivity index (χ0) is 20.1. The number of carbonyl (C=O) groups is 4. The average molecular weight is 378 g/mol. The van der Waals surface area contributed by atoms with Gasteiger partial charge < -0.3 is 36.8 Å². The maximum Gasteiger partial charge on any atom is 0.321 e. The maximum absolute atomic E-state index is 11.2. The van der Waals surface area contributed by atoms with Gasteiger partial charge in [-0.3, -0.25) is 24.1 Å². The standard InChI is InChI=1S/C14H26N4O8/c15-1-5-18(10(14(25)26)8-12(21)22)6-4-16-2-3-17-9(13(23)24)7-11(19)20/h9-10,16-17H,1-8,15H2,(H,19,20)(H,21,22)(H,23,24)(H,25,26). The molecule has 0 bridgehead atoms. The molecular weight excluding hydrogens is 352 g/mol. The summed E-state index contributed by atoms with van der Waals surface area (Å²) in [6.45, 7) is 1.44. The summed E-state index contributed by atoms with van der Waals surface area (Å²) in [5, 5.41) is 41.0. The summed E-state index contributed by atoms with van der Waals surface area (Å²) in [7, 11) is 0. The lowest BCUT2D eigenvalue weighted by Gasteiger charge is -2.27. The molecule has 12 heteroatoms. The first kappa shape index (κ1) is 23.7. The lowest BCUT2D eigenvalue weighted by molar-refractivity contribution is -0.149. The molecule has 0 saturated carbocycles. The van der Waals surface area contributed by atoms with Gasteiger partial charge in [0.05, 0.1) is 12.8 Å². The molecule has 12 nitrogen and oxygen atoms in total. The number of nitrogens with zero attached hydrogens (tertiary/aromatic N) is 1. The summed E-state index contributed by atoms with van der Waals surface area (Å²) in [5.41, 5.74) is 5.44. The van der Waals surface area contributed by atoms with E-state index in [0.717, 1.165) is 0 Å². The van der Waals surface area contributed by atoms with E-state index in [1.807, 2.05) is 0 Å². The molecule has 0 radical (unpaired) electrons. The van der Waals surface area contributed by atoms with E-state index in [1.54, 1.807) is 0 Å². The van der Waals surface area contributed by atoms with Gasteiger partial charge >= 0.3 is 23.9 Å². The van der Waals surface area contributed by atoms with E-state index in [-0.39, 0.29) is 26.2 Å². The van der Waals surface area contributed by atoms with Crippen LogP contribution >= 0.6 is 0 Å². The van der Waals surface area contributed by atoms with Crippen LogP contribution in [0.5, 0.6) is 0 Å².